The van der Waals surface area contributed by atoms with E-state index in [1.54, 1.807) is 25.1 Å². The second kappa shape index (κ2) is 5.66. The van der Waals surface area contributed by atoms with Crippen molar-refractivity contribution >= 4 is 29.0 Å². The van der Waals surface area contributed by atoms with Gasteiger partial charge in [0, 0.05) is 5.56 Å². The van der Waals surface area contributed by atoms with Crippen LogP contribution in [0.25, 0.3) is 0 Å². The van der Waals surface area contributed by atoms with E-state index in [1.807, 2.05) is 0 Å². The van der Waals surface area contributed by atoms with Crippen LogP contribution in [0.5, 0.6) is 0 Å². The van der Waals surface area contributed by atoms with Crippen LogP contribution in [0.15, 0.2) is 40.1 Å². The van der Waals surface area contributed by atoms with Gasteiger partial charge >= 0.3 is 0 Å². The number of carbonyl (C=O) groups is 1. The van der Waals surface area contributed by atoms with Crippen molar-refractivity contribution in [3.05, 3.63) is 52.4 Å². The first kappa shape index (κ1) is 14.0. The number of halogens is 1. The summed E-state index contributed by atoms with van der Waals surface area (Å²) in [5.41, 5.74) is 6.71. The van der Waals surface area contributed by atoms with Crippen LogP contribution < -0.4 is 11.1 Å². The maximum absolute atomic E-state index is 12.1. The molecule has 0 atom stereocenters. The largest absolute Gasteiger partial charge is 0.469 e. The highest BCUT2D eigenvalue weighted by Gasteiger charge is 2.14. The molecule has 104 valence electrons. The molecule has 0 aliphatic rings. The number of anilines is 1. The first-order valence-corrected chi connectivity index (χ1v) is 6.03. The first-order chi connectivity index (χ1) is 9.52. The zero-order chi connectivity index (χ0) is 14.7. The van der Waals surface area contributed by atoms with Crippen LogP contribution in [-0.4, -0.2) is 17.0 Å². The van der Waals surface area contributed by atoms with Gasteiger partial charge in [0.15, 0.2) is 5.84 Å². The summed E-state index contributed by atoms with van der Waals surface area (Å²) in [5, 5.41) is 14.5. The fourth-order valence-electron chi connectivity index (χ4n) is 1.65. The number of benzene rings is 1. The Hall–Kier alpha value is -2.47. The minimum atomic E-state index is -0.352. The fraction of sp³-hybridized carbons (Fsp3) is 0.0769. The average Bonchev–Trinajstić information content (AvgIpc) is 2.86. The van der Waals surface area contributed by atoms with Gasteiger partial charge in [-0.2, -0.15) is 0 Å². The van der Waals surface area contributed by atoms with Crippen LogP contribution in [0.2, 0.25) is 5.02 Å². The van der Waals surface area contributed by atoms with E-state index in [0.29, 0.717) is 27.6 Å². The second-order valence-corrected chi connectivity index (χ2v) is 4.43. The minimum absolute atomic E-state index is 0.0725. The van der Waals surface area contributed by atoms with Gasteiger partial charge in [-0.3, -0.25) is 4.79 Å². The number of furan rings is 1. The average molecular weight is 294 g/mol. The molecule has 0 aliphatic heterocycles. The highest BCUT2D eigenvalue weighted by atomic mass is 35.5. The van der Waals surface area contributed by atoms with Gasteiger partial charge in [-0.05, 0) is 31.2 Å². The molecule has 2 rings (SSSR count). The number of amides is 1. The Labute approximate surface area is 119 Å². The predicted octanol–water partition coefficient (Wildman–Crippen LogP) is 2.59. The molecule has 1 heterocycles. The van der Waals surface area contributed by atoms with Gasteiger partial charge < -0.3 is 20.7 Å². The lowest BCUT2D eigenvalue weighted by Crippen LogP contribution is -2.16. The highest BCUT2D eigenvalue weighted by molar-refractivity contribution is 6.34. The van der Waals surface area contributed by atoms with E-state index in [9.17, 15) is 4.79 Å². The number of aryl methyl sites for hydroxylation is 1. The summed E-state index contributed by atoms with van der Waals surface area (Å²) in [6.07, 6.45) is 1.43. The number of hydrogen-bond donors (Lipinski definition) is 3. The van der Waals surface area contributed by atoms with Crippen LogP contribution in [-0.2, 0) is 0 Å². The molecule has 1 amide bonds. The SMILES string of the molecule is Cc1occc1C(=O)Nc1cc(/C(N)=N/O)ccc1Cl. The molecule has 0 saturated carbocycles. The summed E-state index contributed by atoms with van der Waals surface area (Å²) < 4.78 is 5.07. The van der Waals surface area contributed by atoms with Crippen molar-refractivity contribution in [2.45, 2.75) is 6.92 Å². The minimum Gasteiger partial charge on any atom is -0.469 e. The Morgan fingerprint density at radius 3 is 2.80 bits per heavy atom. The Balaban J connectivity index is 2.29. The molecule has 6 nitrogen and oxygen atoms in total. The van der Waals surface area contributed by atoms with E-state index in [-0.39, 0.29) is 11.7 Å². The van der Waals surface area contributed by atoms with E-state index in [0.717, 1.165) is 0 Å². The molecule has 1 aromatic heterocycles. The van der Waals surface area contributed by atoms with E-state index in [1.165, 1.54) is 12.3 Å². The molecule has 1 aromatic carbocycles. The molecule has 0 unspecified atom stereocenters. The monoisotopic (exact) mass is 293 g/mol. The molecule has 0 aliphatic carbocycles. The maximum atomic E-state index is 12.1. The smallest absolute Gasteiger partial charge is 0.259 e. The quantitative estimate of drug-likeness (QED) is 0.350. The molecular weight excluding hydrogens is 282 g/mol. The van der Waals surface area contributed by atoms with Crippen LogP contribution in [0.3, 0.4) is 0 Å². The Kier molecular flexibility index (Phi) is 3.95. The van der Waals surface area contributed by atoms with Crippen LogP contribution in [0.4, 0.5) is 5.69 Å². The summed E-state index contributed by atoms with van der Waals surface area (Å²) >= 11 is 6.01. The first-order valence-electron chi connectivity index (χ1n) is 5.66. The molecule has 0 spiro atoms. The number of amidine groups is 1. The van der Waals surface area contributed by atoms with Gasteiger partial charge in [0.2, 0.25) is 0 Å². The van der Waals surface area contributed by atoms with E-state index in [4.69, 9.17) is 27.0 Å². The normalized spacial score (nSPS) is 11.4. The Bertz CT molecular complexity index is 679. The van der Waals surface area contributed by atoms with Gasteiger partial charge in [0.05, 0.1) is 22.5 Å². The molecular formula is C13H12ClN3O3. The van der Waals surface area contributed by atoms with Crippen molar-refractivity contribution in [1.82, 2.24) is 0 Å². The van der Waals surface area contributed by atoms with Crippen molar-refractivity contribution in [2.24, 2.45) is 10.9 Å². The molecule has 0 radical (unpaired) electrons. The highest BCUT2D eigenvalue weighted by Crippen LogP contribution is 2.24. The lowest BCUT2D eigenvalue weighted by Gasteiger charge is -2.08. The van der Waals surface area contributed by atoms with E-state index < -0.39 is 0 Å². The van der Waals surface area contributed by atoms with Gasteiger partial charge in [-0.1, -0.05) is 16.8 Å². The predicted molar refractivity (Wildman–Crippen MR) is 75.4 cm³/mol. The van der Waals surface area contributed by atoms with Gasteiger partial charge in [-0.25, -0.2) is 0 Å². The fourth-order valence-corrected chi connectivity index (χ4v) is 1.81. The summed E-state index contributed by atoms with van der Waals surface area (Å²) in [5.74, 6) is 0.0812. The number of nitrogens with one attached hydrogen (secondary N) is 1. The summed E-state index contributed by atoms with van der Waals surface area (Å²) in [6.45, 7) is 1.68. The maximum Gasteiger partial charge on any atom is 0.259 e. The third kappa shape index (κ3) is 2.75. The van der Waals surface area contributed by atoms with E-state index >= 15 is 0 Å². The topological polar surface area (TPSA) is 101 Å². The third-order valence-corrected chi connectivity index (χ3v) is 3.05. The third-order valence-electron chi connectivity index (χ3n) is 2.72. The lowest BCUT2D eigenvalue weighted by molar-refractivity contribution is 0.102. The van der Waals surface area contributed by atoms with Crippen molar-refractivity contribution in [1.29, 1.82) is 0 Å². The van der Waals surface area contributed by atoms with Crippen molar-refractivity contribution in [3.63, 3.8) is 0 Å². The number of nitrogens with zero attached hydrogens (tertiary/aromatic N) is 1. The van der Waals surface area contributed by atoms with Crippen LogP contribution in [0.1, 0.15) is 21.7 Å². The van der Waals surface area contributed by atoms with Crippen molar-refractivity contribution in [2.75, 3.05) is 5.32 Å². The Morgan fingerprint density at radius 2 is 2.20 bits per heavy atom. The molecule has 4 N–H and O–H groups in total. The standard InChI is InChI=1S/C13H12ClN3O3/c1-7-9(4-5-20-7)13(18)16-11-6-8(12(15)17-19)2-3-10(11)14/h2-6,19H,1H3,(H2,15,17)(H,16,18). The molecule has 0 saturated heterocycles. The Morgan fingerprint density at radius 1 is 1.45 bits per heavy atom. The molecule has 0 fully saturated rings. The van der Waals surface area contributed by atoms with Gasteiger partial charge in [-0.15, -0.1) is 0 Å². The number of rotatable bonds is 3. The van der Waals surface area contributed by atoms with Gasteiger partial charge in [0.25, 0.3) is 5.91 Å². The summed E-state index contributed by atoms with van der Waals surface area (Å²) in [6, 6.07) is 6.21. The second-order valence-electron chi connectivity index (χ2n) is 4.02. The molecule has 2 aromatic rings. The summed E-state index contributed by atoms with van der Waals surface area (Å²) in [7, 11) is 0. The number of oxime groups is 1. The number of hydrogen-bond acceptors (Lipinski definition) is 4. The number of nitrogens with two attached hydrogens (primary N) is 1. The van der Waals surface area contributed by atoms with Crippen LogP contribution >= 0.6 is 11.6 Å². The van der Waals surface area contributed by atoms with Crippen molar-refractivity contribution < 1.29 is 14.4 Å². The van der Waals surface area contributed by atoms with Gasteiger partial charge in [0.1, 0.15) is 5.76 Å². The molecule has 7 heteroatoms. The zero-order valence-corrected chi connectivity index (χ0v) is 11.3. The lowest BCUT2D eigenvalue weighted by atomic mass is 10.1. The number of carbonyl (C=O) groups excluding carboxylic acids is 1. The van der Waals surface area contributed by atoms with E-state index in [2.05, 4.69) is 10.5 Å². The zero-order valence-electron chi connectivity index (χ0n) is 10.6. The van der Waals surface area contributed by atoms with Crippen LogP contribution in [0, 0.1) is 6.92 Å². The molecule has 20 heavy (non-hydrogen) atoms. The summed E-state index contributed by atoms with van der Waals surface area (Å²) in [4.78, 5) is 12.1. The van der Waals surface area contributed by atoms with Crippen molar-refractivity contribution in [3.8, 4) is 0 Å². The molecule has 0 bridgehead atoms.